The topological polar surface area (TPSA) is 59.4 Å². The minimum atomic E-state index is -0.454. The fourth-order valence-electron chi connectivity index (χ4n) is 4.32. The molecule has 0 aliphatic heterocycles. The van der Waals surface area contributed by atoms with Crippen LogP contribution in [0.4, 0.5) is 16.2 Å². The van der Waals surface area contributed by atoms with Crippen LogP contribution < -0.4 is 10.2 Å². The first-order valence-corrected chi connectivity index (χ1v) is 12.3. The second-order valence-corrected chi connectivity index (χ2v) is 8.77. The average Bonchev–Trinajstić information content (AvgIpc) is 3.20. The number of nitrogens with zero attached hydrogens (tertiary/aromatic N) is 3. The van der Waals surface area contributed by atoms with E-state index in [9.17, 15) is 4.79 Å². The van der Waals surface area contributed by atoms with Crippen molar-refractivity contribution < 1.29 is 9.53 Å². The average molecular weight is 471 g/mol. The normalized spacial score (nSPS) is 11.0. The summed E-state index contributed by atoms with van der Waals surface area (Å²) in [5.74, 6) is 0.902. The Labute approximate surface area is 207 Å². The van der Waals surface area contributed by atoms with Crippen molar-refractivity contribution in [2.45, 2.75) is 40.7 Å². The van der Waals surface area contributed by atoms with Crippen LogP contribution in [-0.4, -0.2) is 35.3 Å². The summed E-state index contributed by atoms with van der Waals surface area (Å²) < 4.78 is 7.73. The number of anilines is 2. The van der Waals surface area contributed by atoms with Crippen LogP contribution in [0.1, 0.15) is 36.4 Å². The van der Waals surface area contributed by atoms with Crippen molar-refractivity contribution in [2.24, 2.45) is 0 Å². The zero-order valence-corrected chi connectivity index (χ0v) is 21.0. The van der Waals surface area contributed by atoms with Gasteiger partial charge in [0.25, 0.3) is 0 Å². The van der Waals surface area contributed by atoms with Crippen molar-refractivity contribution in [2.75, 3.05) is 29.9 Å². The molecule has 1 heterocycles. The van der Waals surface area contributed by atoms with E-state index in [0.29, 0.717) is 6.42 Å². The Morgan fingerprint density at radius 2 is 1.74 bits per heavy atom. The summed E-state index contributed by atoms with van der Waals surface area (Å²) in [6, 6.07) is 22.7. The van der Waals surface area contributed by atoms with Gasteiger partial charge in [-0.15, -0.1) is 0 Å². The first kappa shape index (κ1) is 24.3. The smallest absolute Gasteiger partial charge is 0.411 e. The van der Waals surface area contributed by atoms with Crippen molar-refractivity contribution in [1.29, 1.82) is 0 Å². The van der Waals surface area contributed by atoms with Crippen molar-refractivity contribution in [3.05, 3.63) is 89.2 Å². The third kappa shape index (κ3) is 5.83. The highest BCUT2D eigenvalue weighted by atomic mass is 16.5. The molecule has 0 aliphatic carbocycles. The van der Waals surface area contributed by atoms with Crippen molar-refractivity contribution in [1.82, 2.24) is 9.55 Å². The zero-order valence-electron chi connectivity index (χ0n) is 21.0. The Hall–Kier alpha value is -3.80. The minimum absolute atomic E-state index is 0.250. The maximum Gasteiger partial charge on any atom is 0.411 e. The third-order valence-corrected chi connectivity index (χ3v) is 6.33. The van der Waals surface area contributed by atoms with E-state index in [2.05, 4.69) is 72.0 Å². The molecule has 0 radical (unpaired) electrons. The predicted octanol–water partition coefficient (Wildman–Crippen LogP) is 6.34. The summed E-state index contributed by atoms with van der Waals surface area (Å²) >= 11 is 0. The van der Waals surface area contributed by atoms with Gasteiger partial charge < -0.3 is 14.2 Å². The molecular weight excluding hydrogens is 436 g/mol. The molecule has 4 aromatic rings. The van der Waals surface area contributed by atoms with Gasteiger partial charge in [0.05, 0.1) is 11.0 Å². The van der Waals surface area contributed by atoms with E-state index in [0.717, 1.165) is 53.4 Å². The molecule has 0 spiro atoms. The van der Waals surface area contributed by atoms with Crippen LogP contribution in [0.2, 0.25) is 0 Å². The number of hydrogen-bond acceptors (Lipinski definition) is 4. The molecule has 0 saturated heterocycles. The van der Waals surface area contributed by atoms with Gasteiger partial charge in [0, 0.05) is 37.4 Å². The molecule has 0 aliphatic rings. The number of carbonyl (C=O) groups is 1. The van der Waals surface area contributed by atoms with Gasteiger partial charge in [0.15, 0.2) is 0 Å². The van der Waals surface area contributed by atoms with E-state index in [1.807, 2.05) is 37.3 Å². The van der Waals surface area contributed by atoms with Crippen LogP contribution in [0.25, 0.3) is 11.0 Å². The molecule has 35 heavy (non-hydrogen) atoms. The van der Waals surface area contributed by atoms with Gasteiger partial charge in [0.2, 0.25) is 0 Å². The number of benzene rings is 3. The summed E-state index contributed by atoms with van der Waals surface area (Å²) in [6.07, 6.45) is 0.0817. The lowest BCUT2D eigenvalue weighted by molar-refractivity contribution is 0.162. The monoisotopic (exact) mass is 470 g/mol. The summed E-state index contributed by atoms with van der Waals surface area (Å²) in [6.45, 7) is 11.2. The highest BCUT2D eigenvalue weighted by Gasteiger charge is 2.13. The van der Waals surface area contributed by atoms with Gasteiger partial charge in [-0.25, -0.2) is 9.78 Å². The number of nitrogens with one attached hydrogen (secondary N) is 1. The van der Waals surface area contributed by atoms with E-state index in [1.54, 1.807) is 0 Å². The van der Waals surface area contributed by atoms with Crippen LogP contribution in [-0.2, 0) is 17.7 Å². The number of carbonyl (C=O) groups excluding carboxylic acids is 1. The van der Waals surface area contributed by atoms with E-state index < -0.39 is 6.09 Å². The van der Waals surface area contributed by atoms with Crippen LogP contribution in [0.15, 0.2) is 66.7 Å². The number of imidazole rings is 1. The minimum Gasteiger partial charge on any atom is -0.449 e. The SMILES string of the molecule is CCN(CC)c1ccc(NC(=O)OCCc2nc3ccccc3n2Cc2ccc(C)cc2)c(C)c1. The van der Waals surface area contributed by atoms with Crippen LogP contribution in [0.3, 0.4) is 0 Å². The summed E-state index contributed by atoms with van der Waals surface area (Å²) in [5.41, 5.74) is 7.39. The summed E-state index contributed by atoms with van der Waals surface area (Å²) in [5, 5.41) is 2.88. The fraction of sp³-hybridized carbons (Fsp3) is 0.310. The van der Waals surface area contributed by atoms with Gasteiger partial charge in [-0.2, -0.15) is 0 Å². The number of fused-ring (bicyclic) bond motifs is 1. The molecule has 6 heteroatoms. The molecule has 0 atom stereocenters. The molecular formula is C29H34N4O2. The van der Waals surface area contributed by atoms with Gasteiger partial charge in [-0.3, -0.25) is 5.32 Å². The van der Waals surface area contributed by atoms with E-state index in [4.69, 9.17) is 9.72 Å². The lowest BCUT2D eigenvalue weighted by atomic mass is 10.1. The summed E-state index contributed by atoms with van der Waals surface area (Å²) in [4.78, 5) is 19.6. The Morgan fingerprint density at radius 1 is 1.00 bits per heavy atom. The van der Waals surface area contributed by atoms with E-state index >= 15 is 0 Å². The molecule has 4 rings (SSSR count). The van der Waals surface area contributed by atoms with Crippen molar-refractivity contribution >= 4 is 28.5 Å². The molecule has 1 N–H and O–H groups in total. The van der Waals surface area contributed by atoms with Gasteiger partial charge in [0.1, 0.15) is 12.4 Å². The van der Waals surface area contributed by atoms with E-state index in [1.165, 1.54) is 11.1 Å². The van der Waals surface area contributed by atoms with E-state index in [-0.39, 0.29) is 6.61 Å². The van der Waals surface area contributed by atoms with Gasteiger partial charge >= 0.3 is 6.09 Å². The molecule has 0 saturated carbocycles. The van der Waals surface area contributed by atoms with Crippen LogP contribution >= 0.6 is 0 Å². The number of rotatable bonds is 9. The molecule has 1 aromatic heterocycles. The Morgan fingerprint density at radius 3 is 2.46 bits per heavy atom. The molecule has 182 valence electrons. The molecule has 0 bridgehead atoms. The maximum absolute atomic E-state index is 12.5. The quantitative estimate of drug-likeness (QED) is 0.310. The molecule has 0 unspecified atom stereocenters. The number of ether oxygens (including phenoxy) is 1. The van der Waals surface area contributed by atoms with Crippen molar-refractivity contribution in [3.8, 4) is 0 Å². The maximum atomic E-state index is 12.5. The lowest BCUT2D eigenvalue weighted by Gasteiger charge is -2.22. The number of hydrogen-bond donors (Lipinski definition) is 1. The van der Waals surface area contributed by atoms with Gasteiger partial charge in [-0.1, -0.05) is 42.0 Å². The summed E-state index contributed by atoms with van der Waals surface area (Å²) in [7, 11) is 0. The second-order valence-electron chi connectivity index (χ2n) is 8.77. The molecule has 6 nitrogen and oxygen atoms in total. The first-order chi connectivity index (χ1) is 17.0. The molecule has 0 fully saturated rings. The Bertz CT molecular complexity index is 1290. The largest absolute Gasteiger partial charge is 0.449 e. The standard InChI is InChI=1S/C29H34N4O2/c1-5-32(6-2)24-15-16-25(22(4)19-24)31-29(34)35-18-17-28-30-26-9-7-8-10-27(26)33(28)20-23-13-11-21(3)12-14-23/h7-16,19H,5-6,17-18,20H2,1-4H3,(H,31,34). The number of para-hydroxylation sites is 2. The Kier molecular flexibility index (Phi) is 7.70. The zero-order chi connectivity index (χ0) is 24.8. The lowest BCUT2D eigenvalue weighted by Crippen LogP contribution is -2.22. The number of amides is 1. The Balaban J connectivity index is 1.41. The van der Waals surface area contributed by atoms with Crippen LogP contribution in [0, 0.1) is 13.8 Å². The fourth-order valence-corrected chi connectivity index (χ4v) is 4.32. The molecule has 3 aromatic carbocycles. The highest BCUT2D eigenvalue weighted by Crippen LogP contribution is 2.23. The highest BCUT2D eigenvalue weighted by molar-refractivity contribution is 5.86. The second kappa shape index (κ2) is 11.1. The third-order valence-electron chi connectivity index (χ3n) is 6.33. The first-order valence-electron chi connectivity index (χ1n) is 12.3. The van der Waals surface area contributed by atoms with Gasteiger partial charge in [-0.05, 0) is 69.2 Å². The predicted molar refractivity (Wildman–Crippen MR) is 143 cm³/mol. The van der Waals surface area contributed by atoms with Crippen molar-refractivity contribution in [3.63, 3.8) is 0 Å². The number of aryl methyl sites for hydroxylation is 2. The molecule has 1 amide bonds. The van der Waals surface area contributed by atoms with Crippen LogP contribution in [0.5, 0.6) is 0 Å². The number of aromatic nitrogens is 2.